The molecule has 0 aliphatic rings. The lowest BCUT2D eigenvalue weighted by Gasteiger charge is -2.08. The number of aliphatic hydroxyl groups is 1. The number of imidazole rings is 1. The number of azo groups is 1. The molecule has 12 nitrogen and oxygen atoms in total. The maximum atomic E-state index is 12.5. The van der Waals surface area contributed by atoms with E-state index in [4.69, 9.17) is 10.2 Å². The summed E-state index contributed by atoms with van der Waals surface area (Å²) in [5.74, 6) is -4.19. The minimum Gasteiger partial charge on any atom is -0.510 e. The molecule has 0 bridgehead atoms. The smallest absolute Gasteiger partial charge is 0.335 e. The van der Waals surface area contributed by atoms with Crippen LogP contribution in [0.3, 0.4) is 0 Å². The number of benzene rings is 2. The van der Waals surface area contributed by atoms with E-state index < -0.39 is 35.0 Å². The number of nitrogens with zero attached hydrogens (tertiary/aromatic N) is 2. The van der Waals surface area contributed by atoms with Crippen LogP contribution < -0.4 is 11.0 Å². The van der Waals surface area contributed by atoms with E-state index in [0.717, 1.165) is 18.2 Å². The topological polar surface area (TPSA) is 197 Å². The highest BCUT2D eigenvalue weighted by Crippen LogP contribution is 2.21. The summed E-state index contributed by atoms with van der Waals surface area (Å²) >= 11 is 0. The molecule has 0 atom stereocenters. The second kappa shape index (κ2) is 8.32. The van der Waals surface area contributed by atoms with Gasteiger partial charge in [0.1, 0.15) is 5.76 Å². The van der Waals surface area contributed by atoms with Crippen molar-refractivity contribution in [3.63, 3.8) is 0 Å². The van der Waals surface area contributed by atoms with E-state index in [1.165, 1.54) is 19.1 Å². The number of nitrogens with one attached hydrogen (secondary N) is 3. The highest BCUT2D eigenvalue weighted by atomic mass is 16.4. The molecular formula is C19H15N5O7. The van der Waals surface area contributed by atoms with Crippen molar-refractivity contribution in [2.75, 3.05) is 5.32 Å². The van der Waals surface area contributed by atoms with Gasteiger partial charge in [0.25, 0.3) is 5.91 Å². The van der Waals surface area contributed by atoms with Gasteiger partial charge in [0.2, 0.25) is 0 Å². The van der Waals surface area contributed by atoms with E-state index in [0.29, 0.717) is 11.0 Å². The van der Waals surface area contributed by atoms with Crippen LogP contribution in [0.4, 0.5) is 11.4 Å². The summed E-state index contributed by atoms with van der Waals surface area (Å²) in [7, 11) is 0. The number of hydrogen-bond donors (Lipinski definition) is 6. The first-order valence-electron chi connectivity index (χ1n) is 8.60. The van der Waals surface area contributed by atoms with Crippen molar-refractivity contribution in [1.82, 2.24) is 9.97 Å². The Hall–Kier alpha value is -4.74. The van der Waals surface area contributed by atoms with Crippen molar-refractivity contribution in [1.29, 1.82) is 0 Å². The highest BCUT2D eigenvalue weighted by Gasteiger charge is 2.17. The zero-order chi connectivity index (χ0) is 22.7. The van der Waals surface area contributed by atoms with Gasteiger partial charge in [-0.2, -0.15) is 5.11 Å². The summed E-state index contributed by atoms with van der Waals surface area (Å²) in [6, 6.07) is 7.65. The summed E-state index contributed by atoms with van der Waals surface area (Å²) in [6.07, 6.45) is 0. The van der Waals surface area contributed by atoms with Crippen molar-refractivity contribution in [2.45, 2.75) is 6.92 Å². The largest absolute Gasteiger partial charge is 0.510 e. The summed E-state index contributed by atoms with van der Waals surface area (Å²) < 4.78 is 0. The van der Waals surface area contributed by atoms with Crippen LogP contribution in [0.1, 0.15) is 27.6 Å². The molecule has 0 unspecified atom stereocenters. The lowest BCUT2D eigenvalue weighted by atomic mass is 10.1. The quantitative estimate of drug-likeness (QED) is 0.198. The van der Waals surface area contributed by atoms with E-state index in [9.17, 15) is 24.3 Å². The van der Waals surface area contributed by atoms with Crippen LogP contribution in [-0.4, -0.2) is 43.1 Å². The normalized spacial score (nSPS) is 12.0. The third-order valence-electron chi connectivity index (χ3n) is 4.01. The Morgan fingerprint density at radius 1 is 0.903 bits per heavy atom. The van der Waals surface area contributed by atoms with Crippen molar-refractivity contribution in [3.05, 3.63) is 69.5 Å². The molecule has 1 amide bonds. The van der Waals surface area contributed by atoms with E-state index in [1.807, 2.05) is 0 Å². The predicted molar refractivity (Wildman–Crippen MR) is 108 cm³/mol. The molecule has 1 aromatic heterocycles. The first-order valence-corrected chi connectivity index (χ1v) is 8.60. The highest BCUT2D eigenvalue weighted by molar-refractivity contribution is 6.05. The second-order valence-corrected chi connectivity index (χ2v) is 6.31. The molecule has 6 N–H and O–H groups in total. The van der Waals surface area contributed by atoms with Crippen molar-refractivity contribution in [2.24, 2.45) is 10.2 Å². The number of amides is 1. The fourth-order valence-electron chi connectivity index (χ4n) is 2.61. The average molecular weight is 425 g/mol. The number of carboxylic acids is 2. The van der Waals surface area contributed by atoms with Crippen LogP contribution >= 0.6 is 0 Å². The molecule has 0 radical (unpaired) electrons. The predicted octanol–water partition coefficient (Wildman–Crippen LogP) is 2.76. The van der Waals surface area contributed by atoms with Crippen LogP contribution in [0.15, 0.2) is 62.9 Å². The number of H-pyrrole nitrogens is 2. The number of aromatic amines is 2. The monoisotopic (exact) mass is 425 g/mol. The molecule has 3 rings (SSSR count). The Balaban J connectivity index is 1.88. The number of aliphatic hydroxyl groups excluding tert-OH is 1. The Kier molecular flexibility index (Phi) is 5.63. The Morgan fingerprint density at radius 2 is 1.52 bits per heavy atom. The van der Waals surface area contributed by atoms with Gasteiger partial charge in [0.15, 0.2) is 5.70 Å². The number of anilines is 1. The average Bonchev–Trinajstić information content (AvgIpc) is 3.06. The molecule has 0 fully saturated rings. The standard InChI is InChI=1S/C19H15N5O7/c1-8(25)15(24-23-11-2-3-13-14(7-11)22-19(31)21-13)16(26)20-12-5-9(17(27)28)4-10(6-12)18(29)30/h2-7,25H,1H3,(H,20,26)(H,27,28)(H,29,30)(H2,21,22,31). The lowest BCUT2D eigenvalue weighted by Crippen LogP contribution is -2.16. The molecule has 3 aromatic rings. The maximum Gasteiger partial charge on any atom is 0.335 e. The van der Waals surface area contributed by atoms with Crippen LogP contribution in [0.5, 0.6) is 0 Å². The summed E-state index contributed by atoms with van der Waals surface area (Å²) in [5.41, 5.74) is -0.432. The first kappa shape index (κ1) is 21.0. The second-order valence-electron chi connectivity index (χ2n) is 6.31. The summed E-state index contributed by atoms with van der Waals surface area (Å²) in [4.78, 5) is 51.3. The van der Waals surface area contributed by atoms with Crippen LogP contribution in [-0.2, 0) is 4.79 Å². The number of hydrogen-bond acceptors (Lipinski definition) is 7. The Morgan fingerprint density at radius 3 is 2.10 bits per heavy atom. The third kappa shape index (κ3) is 4.82. The molecule has 0 aliphatic carbocycles. The van der Waals surface area contributed by atoms with Gasteiger partial charge in [-0.15, -0.1) is 5.11 Å². The van der Waals surface area contributed by atoms with E-state index in [1.54, 1.807) is 6.07 Å². The molecule has 2 aromatic carbocycles. The van der Waals surface area contributed by atoms with Gasteiger partial charge in [-0.1, -0.05) is 0 Å². The Bertz CT molecular complexity index is 1300. The first-order chi connectivity index (χ1) is 14.6. The molecule has 0 spiro atoms. The number of carboxylic acid groups (broad SMARTS) is 2. The molecular weight excluding hydrogens is 410 g/mol. The molecule has 158 valence electrons. The van der Waals surface area contributed by atoms with Gasteiger partial charge in [-0.25, -0.2) is 14.4 Å². The molecule has 0 saturated heterocycles. The van der Waals surface area contributed by atoms with Crippen molar-refractivity contribution >= 4 is 40.3 Å². The molecule has 31 heavy (non-hydrogen) atoms. The summed E-state index contributed by atoms with van der Waals surface area (Å²) in [5, 5.41) is 37.9. The van der Waals surface area contributed by atoms with Crippen LogP contribution in [0.2, 0.25) is 0 Å². The maximum absolute atomic E-state index is 12.5. The fraction of sp³-hybridized carbons (Fsp3) is 0.0526. The molecule has 0 saturated carbocycles. The van der Waals surface area contributed by atoms with Crippen LogP contribution in [0.25, 0.3) is 11.0 Å². The molecule has 12 heteroatoms. The van der Waals surface area contributed by atoms with Crippen molar-refractivity contribution < 1.29 is 29.7 Å². The number of carbonyl (C=O) groups excluding carboxylic acids is 1. The number of fused-ring (bicyclic) bond motifs is 1. The molecule has 0 aliphatic heterocycles. The van der Waals surface area contributed by atoms with Gasteiger partial charge >= 0.3 is 17.6 Å². The number of aromatic carboxylic acids is 2. The van der Waals surface area contributed by atoms with Crippen LogP contribution in [0, 0.1) is 0 Å². The van der Waals surface area contributed by atoms with E-state index in [-0.39, 0.29) is 22.5 Å². The lowest BCUT2D eigenvalue weighted by molar-refractivity contribution is -0.113. The number of rotatable bonds is 6. The zero-order valence-corrected chi connectivity index (χ0v) is 15.8. The zero-order valence-electron chi connectivity index (χ0n) is 15.8. The minimum atomic E-state index is -1.38. The number of allylic oxidation sites excluding steroid dienone is 1. The minimum absolute atomic E-state index is 0.123. The van der Waals surface area contributed by atoms with Gasteiger partial charge in [0.05, 0.1) is 27.8 Å². The Labute approximate surface area is 172 Å². The van der Waals surface area contributed by atoms with Crippen molar-refractivity contribution in [3.8, 4) is 0 Å². The fourth-order valence-corrected chi connectivity index (χ4v) is 2.61. The van der Waals surface area contributed by atoms with Gasteiger partial charge < -0.3 is 30.6 Å². The van der Waals surface area contributed by atoms with Gasteiger partial charge in [0, 0.05) is 5.69 Å². The van der Waals surface area contributed by atoms with Gasteiger partial charge in [-0.05, 0) is 43.3 Å². The number of carbonyl (C=O) groups is 3. The summed E-state index contributed by atoms with van der Waals surface area (Å²) in [6.45, 7) is 1.19. The third-order valence-corrected chi connectivity index (χ3v) is 4.01. The van der Waals surface area contributed by atoms with Gasteiger partial charge in [-0.3, -0.25) is 4.79 Å². The number of aromatic nitrogens is 2. The molecule has 1 heterocycles. The van der Waals surface area contributed by atoms with E-state index in [2.05, 4.69) is 25.5 Å². The SMILES string of the molecule is CC(O)=C(N=Nc1ccc2[nH]c(=O)[nH]c2c1)C(=O)Nc1cc(C(=O)O)cc(C(=O)O)c1. The van der Waals surface area contributed by atoms with E-state index >= 15 is 0 Å².